The smallest absolute Gasteiger partial charge is 0.264 e. The third-order valence-corrected chi connectivity index (χ3v) is 5.12. The van der Waals surface area contributed by atoms with E-state index < -0.39 is 10.0 Å². The van der Waals surface area contributed by atoms with Crippen LogP contribution in [-0.4, -0.2) is 21.2 Å². The van der Waals surface area contributed by atoms with E-state index in [1.165, 1.54) is 18.3 Å². The lowest BCUT2D eigenvalue weighted by Gasteiger charge is -2.19. The molecule has 0 bridgehead atoms. The summed E-state index contributed by atoms with van der Waals surface area (Å²) in [6.45, 7) is 3.38. The molecule has 0 spiro atoms. The van der Waals surface area contributed by atoms with E-state index in [0.717, 1.165) is 5.56 Å². The van der Waals surface area contributed by atoms with Crippen LogP contribution in [-0.2, 0) is 10.0 Å². The summed E-state index contributed by atoms with van der Waals surface area (Å²) in [6, 6.07) is 13.2. The minimum atomic E-state index is -3.59. The molecule has 5 heteroatoms. The second-order valence-corrected chi connectivity index (χ2v) is 6.86. The van der Waals surface area contributed by atoms with Gasteiger partial charge in [-0.05, 0) is 50.2 Å². The van der Waals surface area contributed by atoms with Crippen LogP contribution in [0.4, 0.5) is 5.69 Å². The second kappa shape index (κ2) is 5.69. The Balaban J connectivity index is 2.35. The van der Waals surface area contributed by atoms with E-state index in [1.54, 1.807) is 48.5 Å². The van der Waals surface area contributed by atoms with E-state index in [-0.39, 0.29) is 10.7 Å². The zero-order chi connectivity index (χ0) is 15.6. The van der Waals surface area contributed by atoms with E-state index in [0.29, 0.717) is 11.3 Å². The van der Waals surface area contributed by atoms with Gasteiger partial charge in [0.25, 0.3) is 10.0 Å². The Kier molecular flexibility index (Phi) is 4.14. The first kappa shape index (κ1) is 15.3. The molecule has 0 aliphatic carbocycles. The Morgan fingerprint density at radius 3 is 1.95 bits per heavy atom. The number of Topliss-reactive ketones (excluding diaryl/α,β-unsaturated/α-hetero) is 1. The van der Waals surface area contributed by atoms with Gasteiger partial charge in [-0.2, -0.15) is 0 Å². The van der Waals surface area contributed by atoms with E-state index in [9.17, 15) is 13.2 Å². The number of carbonyl (C=O) groups excluding carboxylic acids is 1. The van der Waals surface area contributed by atoms with Gasteiger partial charge in [0.1, 0.15) is 0 Å². The van der Waals surface area contributed by atoms with Crippen molar-refractivity contribution in [2.45, 2.75) is 18.7 Å². The molecule has 0 fully saturated rings. The number of anilines is 1. The SMILES string of the molecule is CC(=O)c1ccc(N(C)S(=O)(=O)c2ccc(C)cc2)cc1. The predicted molar refractivity (Wildman–Crippen MR) is 83.2 cm³/mol. The number of aryl methyl sites for hydroxylation is 1. The first-order valence-electron chi connectivity index (χ1n) is 6.49. The second-order valence-electron chi connectivity index (χ2n) is 4.89. The lowest BCUT2D eigenvalue weighted by atomic mass is 10.1. The van der Waals surface area contributed by atoms with Crippen LogP contribution in [0.25, 0.3) is 0 Å². The van der Waals surface area contributed by atoms with Gasteiger partial charge < -0.3 is 0 Å². The van der Waals surface area contributed by atoms with Crippen molar-refractivity contribution in [2.24, 2.45) is 0 Å². The van der Waals surface area contributed by atoms with Crippen LogP contribution in [0.5, 0.6) is 0 Å². The number of hydrogen-bond acceptors (Lipinski definition) is 3. The molecule has 2 aromatic rings. The summed E-state index contributed by atoms with van der Waals surface area (Å²) in [5.74, 6) is -0.0504. The van der Waals surface area contributed by atoms with Gasteiger partial charge in [-0.3, -0.25) is 9.10 Å². The van der Waals surface area contributed by atoms with Crippen molar-refractivity contribution >= 4 is 21.5 Å². The average molecular weight is 303 g/mol. The first-order chi connectivity index (χ1) is 9.82. The van der Waals surface area contributed by atoms with Gasteiger partial charge in [-0.15, -0.1) is 0 Å². The minimum Gasteiger partial charge on any atom is -0.295 e. The average Bonchev–Trinajstić information content (AvgIpc) is 2.47. The van der Waals surface area contributed by atoms with Gasteiger partial charge in [-0.25, -0.2) is 8.42 Å². The zero-order valence-corrected chi connectivity index (χ0v) is 13.0. The van der Waals surface area contributed by atoms with Gasteiger partial charge in [-0.1, -0.05) is 17.7 Å². The molecule has 0 aliphatic rings. The maximum atomic E-state index is 12.5. The van der Waals surface area contributed by atoms with Crippen molar-refractivity contribution < 1.29 is 13.2 Å². The lowest BCUT2D eigenvalue weighted by Crippen LogP contribution is -2.26. The van der Waals surface area contributed by atoms with Crippen LogP contribution in [0.15, 0.2) is 53.4 Å². The molecule has 110 valence electrons. The van der Waals surface area contributed by atoms with Crippen LogP contribution in [0.2, 0.25) is 0 Å². The fourth-order valence-electron chi connectivity index (χ4n) is 1.91. The molecule has 0 aromatic heterocycles. The number of nitrogens with zero attached hydrogens (tertiary/aromatic N) is 1. The quantitative estimate of drug-likeness (QED) is 0.816. The number of hydrogen-bond donors (Lipinski definition) is 0. The number of ketones is 1. The van der Waals surface area contributed by atoms with Crippen LogP contribution >= 0.6 is 0 Å². The van der Waals surface area contributed by atoms with Gasteiger partial charge in [0.2, 0.25) is 0 Å². The summed E-state index contributed by atoms with van der Waals surface area (Å²) in [5, 5.41) is 0. The highest BCUT2D eigenvalue weighted by atomic mass is 32.2. The molecule has 2 rings (SSSR count). The van der Waals surface area contributed by atoms with E-state index in [1.807, 2.05) is 6.92 Å². The molecule has 0 aliphatic heterocycles. The largest absolute Gasteiger partial charge is 0.295 e. The highest BCUT2D eigenvalue weighted by molar-refractivity contribution is 7.92. The van der Waals surface area contributed by atoms with Crippen LogP contribution < -0.4 is 4.31 Å². The molecule has 0 radical (unpaired) electrons. The van der Waals surface area contributed by atoms with Gasteiger partial charge >= 0.3 is 0 Å². The molecule has 2 aromatic carbocycles. The number of carbonyl (C=O) groups is 1. The Morgan fingerprint density at radius 2 is 1.48 bits per heavy atom. The van der Waals surface area contributed by atoms with Crippen molar-refractivity contribution in [1.82, 2.24) is 0 Å². The van der Waals surface area contributed by atoms with Crippen molar-refractivity contribution in [3.05, 3.63) is 59.7 Å². The van der Waals surface area contributed by atoms with Crippen molar-refractivity contribution in [3.8, 4) is 0 Å². The molecular formula is C16H17NO3S. The summed E-state index contributed by atoms with van der Waals surface area (Å²) in [4.78, 5) is 11.5. The van der Waals surface area contributed by atoms with Gasteiger partial charge in [0.05, 0.1) is 10.6 Å². The summed E-state index contributed by atoms with van der Waals surface area (Å²) in [7, 11) is -2.10. The topological polar surface area (TPSA) is 54.5 Å². The fourth-order valence-corrected chi connectivity index (χ4v) is 3.11. The number of rotatable bonds is 4. The van der Waals surface area contributed by atoms with E-state index in [4.69, 9.17) is 0 Å². The maximum absolute atomic E-state index is 12.5. The van der Waals surface area contributed by atoms with Crippen LogP contribution in [0, 0.1) is 6.92 Å². The number of benzene rings is 2. The highest BCUT2D eigenvalue weighted by Crippen LogP contribution is 2.22. The molecule has 0 saturated heterocycles. The Bertz CT molecular complexity index is 747. The molecule has 0 saturated carbocycles. The van der Waals surface area contributed by atoms with Crippen LogP contribution in [0.1, 0.15) is 22.8 Å². The zero-order valence-electron chi connectivity index (χ0n) is 12.2. The van der Waals surface area contributed by atoms with Crippen LogP contribution in [0.3, 0.4) is 0 Å². The van der Waals surface area contributed by atoms with E-state index >= 15 is 0 Å². The third-order valence-electron chi connectivity index (χ3n) is 3.32. The van der Waals surface area contributed by atoms with Crippen molar-refractivity contribution in [1.29, 1.82) is 0 Å². The third kappa shape index (κ3) is 3.13. The van der Waals surface area contributed by atoms with E-state index in [2.05, 4.69) is 0 Å². The monoisotopic (exact) mass is 303 g/mol. The standard InChI is InChI=1S/C16H17NO3S/c1-12-4-10-16(11-5-12)21(19,20)17(3)15-8-6-14(7-9-15)13(2)18/h4-11H,1-3H3. The maximum Gasteiger partial charge on any atom is 0.264 e. The summed E-state index contributed by atoms with van der Waals surface area (Å²) in [5.41, 5.74) is 2.07. The molecule has 21 heavy (non-hydrogen) atoms. The first-order valence-corrected chi connectivity index (χ1v) is 7.93. The normalized spacial score (nSPS) is 11.2. The summed E-state index contributed by atoms with van der Waals surface area (Å²) < 4.78 is 26.3. The van der Waals surface area contributed by atoms with Gasteiger partial charge in [0, 0.05) is 12.6 Å². The lowest BCUT2D eigenvalue weighted by molar-refractivity contribution is 0.101. The minimum absolute atomic E-state index is 0.0504. The molecule has 0 N–H and O–H groups in total. The molecule has 4 nitrogen and oxygen atoms in total. The molecule has 0 atom stereocenters. The Labute approximate surface area is 125 Å². The Morgan fingerprint density at radius 1 is 0.952 bits per heavy atom. The van der Waals surface area contributed by atoms with Gasteiger partial charge in [0.15, 0.2) is 5.78 Å². The summed E-state index contributed by atoms with van der Waals surface area (Å²) >= 11 is 0. The fraction of sp³-hybridized carbons (Fsp3) is 0.188. The Hall–Kier alpha value is -2.14. The summed E-state index contributed by atoms with van der Waals surface area (Å²) in [6.07, 6.45) is 0. The molecule has 0 amide bonds. The molecule has 0 heterocycles. The molecule has 0 unspecified atom stereocenters. The van der Waals surface area contributed by atoms with Crippen molar-refractivity contribution in [3.63, 3.8) is 0 Å². The highest BCUT2D eigenvalue weighted by Gasteiger charge is 2.21. The number of sulfonamides is 1. The van der Waals surface area contributed by atoms with Crippen molar-refractivity contribution in [2.75, 3.05) is 11.4 Å². The predicted octanol–water partition coefficient (Wildman–Crippen LogP) is 3.02. The molecular weight excluding hydrogens is 286 g/mol.